The third-order valence-corrected chi connectivity index (χ3v) is 6.02. The number of nitrogens with two attached hydrogens (primary N) is 2. The van der Waals surface area contributed by atoms with E-state index in [2.05, 4.69) is 15.0 Å². The molecule has 0 aliphatic carbocycles. The number of nitrogen functional groups attached to an aromatic ring is 1. The van der Waals surface area contributed by atoms with Gasteiger partial charge in [-0.2, -0.15) is 0 Å². The quantitative estimate of drug-likeness (QED) is 0.277. The van der Waals surface area contributed by atoms with Crippen LogP contribution in [0.15, 0.2) is 67.4 Å². The Hall–Kier alpha value is -4.70. The van der Waals surface area contributed by atoms with Gasteiger partial charge < -0.3 is 35.7 Å². The van der Waals surface area contributed by atoms with Crippen LogP contribution in [0, 0.1) is 5.41 Å². The summed E-state index contributed by atoms with van der Waals surface area (Å²) in [5, 5.41) is 10.5. The summed E-state index contributed by atoms with van der Waals surface area (Å²) in [5.41, 5.74) is 14.8. The first-order chi connectivity index (χ1) is 17.9. The van der Waals surface area contributed by atoms with E-state index in [1.807, 2.05) is 41.2 Å². The number of nitrogens with zero attached hydrogens (tertiary/aromatic N) is 4. The van der Waals surface area contributed by atoms with Gasteiger partial charge in [0.05, 0.1) is 43.0 Å². The molecule has 0 saturated heterocycles. The predicted molar refractivity (Wildman–Crippen MR) is 142 cm³/mol. The number of ether oxygens (including phenoxy) is 3. The van der Waals surface area contributed by atoms with Crippen molar-refractivity contribution in [2.24, 2.45) is 5.73 Å². The van der Waals surface area contributed by atoms with Gasteiger partial charge in [-0.1, -0.05) is 0 Å². The zero-order valence-corrected chi connectivity index (χ0v) is 20.5. The molecule has 0 aliphatic rings. The van der Waals surface area contributed by atoms with Crippen LogP contribution in [0.5, 0.6) is 17.2 Å². The Morgan fingerprint density at radius 1 is 0.946 bits per heavy atom. The molecular weight excluding hydrogens is 470 g/mol. The van der Waals surface area contributed by atoms with E-state index in [9.17, 15) is 0 Å². The molecule has 1 atom stereocenters. The van der Waals surface area contributed by atoms with Gasteiger partial charge in [-0.25, -0.2) is 4.98 Å². The lowest BCUT2D eigenvalue weighted by Crippen LogP contribution is -2.32. The molecule has 1 aromatic carbocycles. The van der Waals surface area contributed by atoms with Crippen LogP contribution in [0.2, 0.25) is 0 Å². The van der Waals surface area contributed by atoms with Crippen molar-refractivity contribution in [3.63, 3.8) is 0 Å². The van der Waals surface area contributed by atoms with Gasteiger partial charge in [0.1, 0.15) is 18.2 Å². The van der Waals surface area contributed by atoms with Gasteiger partial charge in [0.25, 0.3) is 0 Å². The van der Waals surface area contributed by atoms with Gasteiger partial charge >= 0.3 is 0 Å². The van der Waals surface area contributed by atoms with E-state index < -0.39 is 0 Å². The van der Waals surface area contributed by atoms with Crippen molar-refractivity contribution in [1.29, 1.82) is 5.41 Å². The number of fused-ring (bicyclic) bond motifs is 3. The fraction of sp³-hybridized carbons (Fsp3) is 0.185. The third kappa shape index (κ3) is 5.00. The molecule has 0 amide bonds. The Labute approximate surface area is 213 Å². The highest BCUT2D eigenvalue weighted by atomic mass is 16.5. The molecule has 0 bridgehead atoms. The van der Waals surface area contributed by atoms with E-state index in [1.165, 1.54) is 0 Å². The number of methoxy groups -OCH3 is 2. The van der Waals surface area contributed by atoms with E-state index in [4.69, 9.17) is 31.1 Å². The summed E-state index contributed by atoms with van der Waals surface area (Å²) in [6.45, 7) is 0.859. The van der Waals surface area contributed by atoms with Crippen LogP contribution in [-0.4, -0.2) is 46.4 Å². The molecule has 5 N–H and O–H groups in total. The van der Waals surface area contributed by atoms with Crippen molar-refractivity contribution in [3.05, 3.63) is 72.7 Å². The Kier molecular flexibility index (Phi) is 6.57. The number of aromatic nitrogens is 4. The molecule has 0 saturated carbocycles. The normalized spacial score (nSPS) is 12.0. The number of hydrogen-bond acceptors (Lipinski definition) is 9. The second-order valence-electron chi connectivity index (χ2n) is 8.60. The molecule has 0 aliphatic heterocycles. The summed E-state index contributed by atoms with van der Waals surface area (Å²) < 4.78 is 18.8. The molecule has 0 spiro atoms. The summed E-state index contributed by atoms with van der Waals surface area (Å²) in [7, 11) is 3.19. The van der Waals surface area contributed by atoms with Crippen LogP contribution in [-0.2, 0) is 6.54 Å². The van der Waals surface area contributed by atoms with Crippen LogP contribution < -0.4 is 31.0 Å². The largest absolute Gasteiger partial charge is 0.493 e. The Morgan fingerprint density at radius 2 is 1.70 bits per heavy atom. The van der Waals surface area contributed by atoms with E-state index in [0.29, 0.717) is 47.3 Å². The van der Waals surface area contributed by atoms with Crippen LogP contribution >= 0.6 is 0 Å². The third-order valence-electron chi connectivity index (χ3n) is 6.02. The molecule has 5 rings (SSSR count). The fourth-order valence-corrected chi connectivity index (χ4v) is 4.15. The molecule has 0 radical (unpaired) electrons. The van der Waals surface area contributed by atoms with Gasteiger partial charge in [0.15, 0.2) is 11.5 Å². The van der Waals surface area contributed by atoms with E-state index in [-0.39, 0.29) is 6.04 Å². The number of nitrogens with one attached hydrogen (secondary N) is 1. The first kappa shape index (κ1) is 24.0. The summed E-state index contributed by atoms with van der Waals surface area (Å²) in [5.74, 6) is 2.14. The van der Waals surface area contributed by atoms with Crippen LogP contribution in [0.4, 0.5) is 5.82 Å². The number of rotatable bonds is 8. The molecule has 0 unspecified atom stereocenters. The topological polar surface area (TPSA) is 147 Å². The average Bonchev–Trinajstić information content (AvgIpc) is 2.92. The highest BCUT2D eigenvalue weighted by Gasteiger charge is 2.14. The van der Waals surface area contributed by atoms with Crippen LogP contribution in [0.3, 0.4) is 0 Å². The first-order valence-electron chi connectivity index (χ1n) is 11.6. The summed E-state index contributed by atoms with van der Waals surface area (Å²) in [4.78, 5) is 13.5. The van der Waals surface area contributed by atoms with Crippen molar-refractivity contribution in [1.82, 2.24) is 19.5 Å². The second-order valence-corrected chi connectivity index (χ2v) is 8.60. The maximum Gasteiger partial charge on any atom is 0.162 e. The zero-order valence-electron chi connectivity index (χ0n) is 20.5. The molecular formula is C27H27N7O3. The van der Waals surface area contributed by atoms with Crippen molar-refractivity contribution in [2.45, 2.75) is 12.6 Å². The summed E-state index contributed by atoms with van der Waals surface area (Å²) >= 11 is 0. The Balaban J connectivity index is 1.43. The highest BCUT2D eigenvalue weighted by molar-refractivity contribution is 6.10. The molecule has 10 heteroatoms. The Morgan fingerprint density at radius 3 is 2.46 bits per heavy atom. The minimum Gasteiger partial charge on any atom is -0.493 e. The van der Waals surface area contributed by atoms with Crippen molar-refractivity contribution in [3.8, 4) is 28.5 Å². The van der Waals surface area contributed by atoms with Gasteiger partial charge in [-0.3, -0.25) is 9.97 Å². The molecule has 4 aromatic heterocycles. The van der Waals surface area contributed by atoms with Crippen molar-refractivity contribution >= 4 is 27.5 Å². The number of hydrogen-bond donors (Lipinski definition) is 3. The molecule has 10 nitrogen and oxygen atoms in total. The molecule has 188 valence electrons. The lowest BCUT2D eigenvalue weighted by atomic mass is 10.0. The van der Waals surface area contributed by atoms with Gasteiger partial charge in [0, 0.05) is 53.7 Å². The van der Waals surface area contributed by atoms with E-state index in [0.717, 1.165) is 27.2 Å². The zero-order chi connectivity index (χ0) is 25.9. The van der Waals surface area contributed by atoms with Gasteiger partial charge in [0.2, 0.25) is 0 Å². The van der Waals surface area contributed by atoms with Crippen molar-refractivity contribution in [2.75, 3.05) is 26.6 Å². The Bertz CT molecular complexity index is 1630. The monoisotopic (exact) mass is 497 g/mol. The highest BCUT2D eigenvalue weighted by Crippen LogP contribution is 2.37. The molecule has 5 aromatic rings. The number of pyridine rings is 4. The maximum absolute atomic E-state index is 7.59. The van der Waals surface area contributed by atoms with E-state index in [1.54, 1.807) is 44.9 Å². The average molecular weight is 498 g/mol. The SMILES string of the molecule is COc1cc2ncc3c(N)nc(-c4cncc(OC[C@@H](N)Cn5ccc(=N)cc5)c4)cc3c2cc1OC. The minimum atomic E-state index is -0.245. The predicted octanol–water partition coefficient (Wildman–Crippen LogP) is 3.13. The molecule has 37 heavy (non-hydrogen) atoms. The summed E-state index contributed by atoms with van der Waals surface area (Å²) in [6, 6.07) is 10.7. The number of anilines is 1. The lowest BCUT2D eigenvalue weighted by Gasteiger charge is -2.15. The smallest absolute Gasteiger partial charge is 0.162 e. The number of benzene rings is 1. The second kappa shape index (κ2) is 10.1. The van der Waals surface area contributed by atoms with Crippen LogP contribution in [0.1, 0.15) is 0 Å². The lowest BCUT2D eigenvalue weighted by molar-refractivity contribution is 0.274. The van der Waals surface area contributed by atoms with Gasteiger partial charge in [-0.05, 0) is 35.7 Å². The van der Waals surface area contributed by atoms with Crippen molar-refractivity contribution < 1.29 is 14.2 Å². The fourth-order valence-electron chi connectivity index (χ4n) is 4.15. The maximum atomic E-state index is 7.59. The van der Waals surface area contributed by atoms with Gasteiger partial charge in [-0.15, -0.1) is 0 Å². The van der Waals surface area contributed by atoms with Crippen LogP contribution in [0.25, 0.3) is 32.9 Å². The first-order valence-corrected chi connectivity index (χ1v) is 11.6. The van der Waals surface area contributed by atoms with E-state index >= 15 is 0 Å². The minimum absolute atomic E-state index is 0.245. The molecule has 0 fully saturated rings. The molecule has 4 heterocycles. The summed E-state index contributed by atoms with van der Waals surface area (Å²) in [6.07, 6.45) is 8.71. The standard InChI is InChI=1S/C27H27N7O3/c1-35-25-9-21-20-8-23(33-27(30)22(20)13-32-24(21)10-26(25)36-2)16-7-19(12-31-11-16)37-15-18(29)14-34-5-3-17(28)4-6-34/h3-13,18,28H,14-15,29H2,1-2H3,(H2,30,33)/t18-/m0/s1.